The molecule has 0 unspecified atom stereocenters. The molecule has 0 fully saturated rings. The van der Waals surface area contributed by atoms with Gasteiger partial charge in [-0.05, 0) is 114 Å². The van der Waals surface area contributed by atoms with Crippen molar-refractivity contribution in [1.82, 2.24) is 0 Å². The van der Waals surface area contributed by atoms with Crippen molar-refractivity contribution >= 4 is 153 Å². The van der Waals surface area contributed by atoms with Gasteiger partial charge in [-0.15, -0.1) is 11.6 Å². The Morgan fingerprint density at radius 1 is 1.33 bits per heavy atom. The van der Waals surface area contributed by atoms with Gasteiger partial charge >= 0.3 is 0 Å². The summed E-state index contributed by atoms with van der Waals surface area (Å²) in [5, 5.41) is 2.14. The predicted octanol–water partition coefficient (Wildman–Crippen LogP) is 7.93. The van der Waals surface area contributed by atoms with Gasteiger partial charge in [-0.1, -0.05) is 40.2 Å². The highest BCUT2D eigenvalue weighted by Crippen LogP contribution is 2.29. The van der Waals surface area contributed by atoms with Crippen molar-refractivity contribution in [3.8, 4) is 0 Å². The Balaban J connectivity index is -0.0000000527. The number of hydrogen-bond acceptors (Lipinski definition) is 3. The quantitative estimate of drug-likeness (QED) is 0.0706. The van der Waals surface area contributed by atoms with Gasteiger partial charge in [0.25, 0.3) is 0 Å². The van der Waals surface area contributed by atoms with Gasteiger partial charge < -0.3 is 0 Å². The number of rotatable bonds is 2. The minimum absolute atomic E-state index is 0.503. The van der Waals surface area contributed by atoms with Gasteiger partial charge in [0, 0.05) is 18.5 Å². The van der Waals surface area contributed by atoms with Crippen LogP contribution in [0, 0.1) is 0 Å². The first-order valence-corrected chi connectivity index (χ1v) is 11.7. The van der Waals surface area contributed by atoms with Crippen molar-refractivity contribution < 1.29 is 4.79 Å². The van der Waals surface area contributed by atoms with Crippen molar-refractivity contribution in [3.05, 3.63) is 27.4 Å². The molecule has 0 aliphatic heterocycles. The van der Waals surface area contributed by atoms with E-state index in [1.165, 1.54) is 14.8 Å². The Labute approximate surface area is 205 Å². The SMILES string of the molecule is C=CC=O.CBr.CN=C=S.ClC=CCCl.IC(I)=C(I)I. The third kappa shape index (κ3) is 85.1. The molecule has 0 spiro atoms. The number of alkyl halides is 2. The molecule has 0 N–H and O–H groups in total. The van der Waals surface area contributed by atoms with E-state index in [1.54, 1.807) is 13.1 Å². The fourth-order valence-electron chi connectivity index (χ4n) is 0.0337. The molecule has 0 aromatic heterocycles. The summed E-state index contributed by atoms with van der Waals surface area (Å²) >= 11 is 26.4. The second-order valence-corrected chi connectivity index (χ2v) is 10.9. The number of aliphatic imine (C=N–C) groups is 1. The number of carbonyl (C=O) groups is 1. The molecule has 0 radical (unpaired) electrons. The molecular formula is C11H14BrCl2I4NOS. The van der Waals surface area contributed by atoms with Crippen LogP contribution in [0.4, 0.5) is 0 Å². The van der Waals surface area contributed by atoms with E-state index in [4.69, 9.17) is 28.0 Å². The second kappa shape index (κ2) is 43.4. The number of nitrogens with zero attached hydrogens (tertiary/aromatic N) is 1. The fraction of sp³-hybridized carbons (Fsp3) is 0.273. The molecule has 10 heteroatoms. The van der Waals surface area contributed by atoms with Crippen LogP contribution in [0.3, 0.4) is 0 Å². The molecule has 0 aliphatic rings. The van der Waals surface area contributed by atoms with E-state index in [0.717, 1.165) is 0 Å². The Morgan fingerprint density at radius 3 is 1.62 bits per heavy atom. The van der Waals surface area contributed by atoms with Crippen LogP contribution in [0.2, 0.25) is 0 Å². The van der Waals surface area contributed by atoms with Gasteiger partial charge in [0.1, 0.15) is 6.29 Å². The summed E-state index contributed by atoms with van der Waals surface area (Å²) in [5.74, 6) is 2.32. The molecular weight excluding hydrogens is 853 g/mol. The van der Waals surface area contributed by atoms with E-state index >= 15 is 0 Å². The lowest BCUT2D eigenvalue weighted by atomic mass is 10.8. The zero-order chi connectivity index (χ0) is 18.1. The Hall–Kier alpha value is 2.67. The molecule has 0 amide bonds. The van der Waals surface area contributed by atoms with Crippen LogP contribution < -0.4 is 0 Å². The van der Waals surface area contributed by atoms with E-state index in [2.05, 4.69) is 135 Å². The van der Waals surface area contributed by atoms with Crippen molar-refractivity contribution in [1.29, 1.82) is 0 Å². The smallest absolute Gasteiger partial charge is 0.142 e. The first-order valence-electron chi connectivity index (χ1n) is 4.46. The largest absolute Gasteiger partial charge is 0.299 e. The summed E-state index contributed by atoms with van der Waals surface area (Å²) in [5.41, 5.74) is 1.40. The van der Waals surface area contributed by atoms with Gasteiger partial charge in [-0.25, -0.2) is 4.99 Å². The van der Waals surface area contributed by atoms with Crippen LogP contribution in [0.5, 0.6) is 0 Å². The highest BCUT2D eigenvalue weighted by atomic mass is 127. The molecule has 0 rings (SSSR count). The highest BCUT2D eigenvalue weighted by Gasteiger charge is 1.85. The number of isothiocyanates is 1. The number of hydrogen-bond donors (Lipinski definition) is 0. The van der Waals surface area contributed by atoms with Crippen LogP contribution in [0.1, 0.15) is 0 Å². The summed E-state index contributed by atoms with van der Waals surface area (Å²) in [4.78, 5) is 12.4. The standard InChI is InChI=1S/C3H4Cl2.C3H4O.C2I4.C2H3NS.CH3Br/c4-2-1-3-5;1-2-3-4;3-1(4)2(5)6;1-3-2-4;1-2/h1-2H,3H2;2-3H,1H2;;1H3;1H3. The monoisotopic (exact) mass is 865 g/mol. The number of thiocarbonyl (C=S) groups is 1. The van der Waals surface area contributed by atoms with Crippen LogP contribution in [0.15, 0.2) is 32.4 Å². The average Bonchev–Trinajstić information content (AvgIpc) is 2.51. The topological polar surface area (TPSA) is 29.4 Å². The van der Waals surface area contributed by atoms with Crippen molar-refractivity contribution in [3.63, 3.8) is 0 Å². The maximum Gasteiger partial charge on any atom is 0.142 e. The van der Waals surface area contributed by atoms with Crippen molar-refractivity contribution in [2.75, 3.05) is 18.8 Å². The molecule has 0 aromatic carbocycles. The average molecular weight is 867 g/mol. The maximum absolute atomic E-state index is 9.06. The van der Waals surface area contributed by atoms with Crippen LogP contribution in [-0.4, -0.2) is 30.2 Å². The summed E-state index contributed by atoms with van der Waals surface area (Å²) in [6.07, 6.45) is 3.49. The molecule has 0 aliphatic carbocycles. The Bertz CT molecular complexity index is 301. The second-order valence-electron chi connectivity index (χ2n) is 1.72. The maximum atomic E-state index is 9.06. The van der Waals surface area contributed by atoms with E-state index in [9.17, 15) is 0 Å². The normalized spacial score (nSPS) is 6.71. The molecule has 21 heavy (non-hydrogen) atoms. The molecule has 0 aromatic rings. The van der Waals surface area contributed by atoms with E-state index in [0.29, 0.717) is 12.2 Å². The van der Waals surface area contributed by atoms with Crippen molar-refractivity contribution in [2.45, 2.75) is 0 Å². The van der Waals surface area contributed by atoms with Gasteiger partial charge in [-0.3, -0.25) is 4.79 Å². The highest BCUT2D eigenvalue weighted by molar-refractivity contribution is 14.2. The van der Waals surface area contributed by atoms with Crippen LogP contribution >= 0.6 is 142 Å². The van der Waals surface area contributed by atoms with E-state index in [1.807, 2.05) is 5.83 Å². The molecule has 0 heterocycles. The summed E-state index contributed by atoms with van der Waals surface area (Å²) < 4.78 is 2.68. The number of carbonyl (C=O) groups excluding carboxylic acids is 1. The fourth-order valence-corrected chi connectivity index (χ4v) is 0.303. The molecule has 0 atom stereocenters. The van der Waals surface area contributed by atoms with E-state index < -0.39 is 0 Å². The minimum atomic E-state index is 0.503. The summed E-state index contributed by atoms with van der Waals surface area (Å²) in [6.45, 7) is 3.11. The lowest BCUT2D eigenvalue weighted by Gasteiger charge is -1.78. The zero-order valence-electron chi connectivity index (χ0n) is 11.1. The van der Waals surface area contributed by atoms with Crippen LogP contribution in [-0.2, 0) is 4.79 Å². The molecule has 0 bridgehead atoms. The predicted molar refractivity (Wildman–Crippen MR) is 141 cm³/mol. The molecule has 0 saturated heterocycles. The van der Waals surface area contributed by atoms with Crippen molar-refractivity contribution in [2.24, 2.45) is 4.99 Å². The molecule has 2 nitrogen and oxygen atoms in total. The molecule has 0 saturated carbocycles. The number of allylic oxidation sites excluding steroid dienone is 2. The number of aldehydes is 1. The van der Waals surface area contributed by atoms with E-state index in [-0.39, 0.29) is 0 Å². The zero-order valence-corrected chi connectivity index (χ0v) is 23.7. The van der Waals surface area contributed by atoms with Crippen LogP contribution in [0.25, 0.3) is 0 Å². The Morgan fingerprint density at radius 2 is 1.62 bits per heavy atom. The summed E-state index contributed by atoms with van der Waals surface area (Å²) in [6, 6.07) is 0. The van der Waals surface area contributed by atoms with Gasteiger partial charge in [-0.2, -0.15) is 0 Å². The first-order chi connectivity index (χ1) is 9.89. The molecule has 124 valence electrons. The lowest BCUT2D eigenvalue weighted by molar-refractivity contribution is -0.104. The van der Waals surface area contributed by atoms with Gasteiger partial charge in [0.2, 0.25) is 0 Å². The first kappa shape index (κ1) is 34.9. The minimum Gasteiger partial charge on any atom is -0.299 e. The van der Waals surface area contributed by atoms with Gasteiger partial charge in [0.05, 0.1) is 8.33 Å². The summed E-state index contributed by atoms with van der Waals surface area (Å²) in [7, 11) is 1.59. The lowest BCUT2D eigenvalue weighted by Crippen LogP contribution is -1.48. The van der Waals surface area contributed by atoms with Gasteiger partial charge in [0.15, 0.2) is 0 Å². The number of halogens is 7. The third-order valence-corrected chi connectivity index (χ3v) is 7.33. The Kier molecular flexibility index (Phi) is 72.0. The third-order valence-electron chi connectivity index (χ3n) is 0.509.